The molecule has 2 amide bonds. The highest BCUT2D eigenvalue weighted by molar-refractivity contribution is 6.30. The highest BCUT2D eigenvalue weighted by Gasteiger charge is 2.26. The van der Waals surface area contributed by atoms with Crippen LogP contribution in [0, 0.1) is 0 Å². The standard InChI is InChI=1S/C21H19ClN4O2/c22-17-8-6-16(7-9-17)20-18(21(28)25-11-10-23-19(27)14-25)13-26(24-20)12-15-4-2-1-3-5-15/h1-9,13H,10-12,14H2,(H,23,27). The van der Waals surface area contributed by atoms with Crippen LogP contribution in [-0.2, 0) is 11.3 Å². The summed E-state index contributed by atoms with van der Waals surface area (Å²) in [4.78, 5) is 26.4. The molecule has 28 heavy (non-hydrogen) atoms. The minimum atomic E-state index is -0.195. The number of hydrogen-bond donors (Lipinski definition) is 1. The smallest absolute Gasteiger partial charge is 0.258 e. The summed E-state index contributed by atoms with van der Waals surface area (Å²) in [6, 6.07) is 17.2. The Balaban J connectivity index is 1.71. The van der Waals surface area contributed by atoms with E-state index in [1.807, 2.05) is 42.5 Å². The quantitative estimate of drug-likeness (QED) is 0.739. The Bertz CT molecular complexity index is 999. The first-order chi connectivity index (χ1) is 13.6. The van der Waals surface area contributed by atoms with Gasteiger partial charge in [0.05, 0.1) is 18.7 Å². The van der Waals surface area contributed by atoms with E-state index in [1.54, 1.807) is 27.9 Å². The molecule has 7 heteroatoms. The average Bonchev–Trinajstić information content (AvgIpc) is 3.12. The van der Waals surface area contributed by atoms with Crippen molar-refractivity contribution < 1.29 is 9.59 Å². The highest BCUT2D eigenvalue weighted by atomic mass is 35.5. The van der Waals surface area contributed by atoms with Crippen molar-refractivity contribution in [3.8, 4) is 11.3 Å². The summed E-state index contributed by atoms with van der Waals surface area (Å²) in [5.41, 5.74) is 2.96. The Morgan fingerprint density at radius 1 is 1.11 bits per heavy atom. The lowest BCUT2D eigenvalue weighted by Crippen LogP contribution is -2.50. The van der Waals surface area contributed by atoms with Crippen LogP contribution in [0.4, 0.5) is 0 Å². The number of nitrogens with zero attached hydrogens (tertiary/aromatic N) is 3. The number of hydrogen-bond acceptors (Lipinski definition) is 3. The van der Waals surface area contributed by atoms with E-state index in [-0.39, 0.29) is 18.4 Å². The van der Waals surface area contributed by atoms with Crippen LogP contribution in [0.15, 0.2) is 60.8 Å². The van der Waals surface area contributed by atoms with Crippen LogP contribution in [0.5, 0.6) is 0 Å². The van der Waals surface area contributed by atoms with Crippen molar-refractivity contribution in [2.75, 3.05) is 19.6 Å². The lowest BCUT2D eigenvalue weighted by atomic mass is 10.1. The number of halogens is 1. The van der Waals surface area contributed by atoms with E-state index in [0.717, 1.165) is 11.1 Å². The third-order valence-corrected chi connectivity index (χ3v) is 4.87. The Kier molecular flexibility index (Phi) is 5.12. The Morgan fingerprint density at radius 2 is 1.86 bits per heavy atom. The molecule has 0 unspecified atom stereocenters. The monoisotopic (exact) mass is 394 g/mol. The van der Waals surface area contributed by atoms with Crippen LogP contribution < -0.4 is 5.32 Å². The van der Waals surface area contributed by atoms with Crippen molar-refractivity contribution >= 4 is 23.4 Å². The van der Waals surface area contributed by atoms with E-state index >= 15 is 0 Å². The zero-order chi connectivity index (χ0) is 19.5. The second-order valence-corrected chi connectivity index (χ2v) is 7.09. The summed E-state index contributed by atoms with van der Waals surface area (Å²) in [5.74, 6) is -0.344. The van der Waals surface area contributed by atoms with Crippen molar-refractivity contribution in [3.63, 3.8) is 0 Å². The maximum atomic E-state index is 13.1. The number of carbonyl (C=O) groups excluding carboxylic acids is 2. The molecule has 1 aliphatic rings. The van der Waals surface area contributed by atoms with E-state index in [0.29, 0.717) is 35.9 Å². The molecule has 0 atom stereocenters. The maximum absolute atomic E-state index is 13.1. The minimum absolute atomic E-state index is 0.0583. The summed E-state index contributed by atoms with van der Waals surface area (Å²) >= 11 is 6.01. The van der Waals surface area contributed by atoms with E-state index in [2.05, 4.69) is 10.4 Å². The number of benzene rings is 2. The van der Waals surface area contributed by atoms with Crippen LogP contribution in [-0.4, -0.2) is 46.1 Å². The molecule has 1 fully saturated rings. The van der Waals surface area contributed by atoms with Crippen molar-refractivity contribution in [1.82, 2.24) is 20.0 Å². The van der Waals surface area contributed by atoms with Crippen molar-refractivity contribution in [3.05, 3.63) is 76.9 Å². The van der Waals surface area contributed by atoms with Gasteiger partial charge in [0.25, 0.3) is 5.91 Å². The number of piperazine rings is 1. The molecule has 0 aliphatic carbocycles. The molecule has 1 saturated heterocycles. The third-order valence-electron chi connectivity index (χ3n) is 4.62. The fourth-order valence-electron chi connectivity index (χ4n) is 3.23. The van der Waals surface area contributed by atoms with Gasteiger partial charge < -0.3 is 10.2 Å². The Labute approximate surface area is 167 Å². The molecule has 3 aromatic rings. The molecule has 0 radical (unpaired) electrons. The number of nitrogens with one attached hydrogen (secondary N) is 1. The van der Waals surface area contributed by atoms with Gasteiger partial charge in [-0.15, -0.1) is 0 Å². The highest BCUT2D eigenvalue weighted by Crippen LogP contribution is 2.25. The summed E-state index contributed by atoms with van der Waals surface area (Å²) in [5, 5.41) is 8.02. The first-order valence-corrected chi connectivity index (χ1v) is 9.41. The minimum Gasteiger partial charge on any atom is -0.353 e. The van der Waals surface area contributed by atoms with Gasteiger partial charge in [-0.1, -0.05) is 54.1 Å². The van der Waals surface area contributed by atoms with Crippen molar-refractivity contribution in [1.29, 1.82) is 0 Å². The predicted molar refractivity (Wildman–Crippen MR) is 107 cm³/mol. The zero-order valence-electron chi connectivity index (χ0n) is 15.1. The topological polar surface area (TPSA) is 67.2 Å². The maximum Gasteiger partial charge on any atom is 0.258 e. The van der Waals surface area contributed by atoms with Gasteiger partial charge in [0.15, 0.2) is 0 Å². The van der Waals surface area contributed by atoms with Gasteiger partial charge in [-0.3, -0.25) is 14.3 Å². The largest absolute Gasteiger partial charge is 0.353 e. The average molecular weight is 395 g/mol. The normalized spacial score (nSPS) is 14.0. The predicted octanol–water partition coefficient (Wildman–Crippen LogP) is 2.82. The Hall–Kier alpha value is -3.12. The van der Waals surface area contributed by atoms with Gasteiger partial charge in [0, 0.05) is 29.9 Å². The number of carbonyl (C=O) groups is 2. The van der Waals surface area contributed by atoms with E-state index in [9.17, 15) is 9.59 Å². The van der Waals surface area contributed by atoms with Crippen LogP contribution in [0.3, 0.4) is 0 Å². The van der Waals surface area contributed by atoms with E-state index in [1.165, 1.54) is 0 Å². The molecule has 1 aliphatic heterocycles. The number of aromatic nitrogens is 2. The van der Waals surface area contributed by atoms with Gasteiger partial charge in [-0.05, 0) is 17.7 Å². The second kappa shape index (κ2) is 7.86. The molecule has 1 N–H and O–H groups in total. The van der Waals surface area contributed by atoms with Gasteiger partial charge in [0.2, 0.25) is 5.91 Å². The first kappa shape index (κ1) is 18.3. The molecule has 1 aromatic heterocycles. The fourth-order valence-corrected chi connectivity index (χ4v) is 3.36. The molecular weight excluding hydrogens is 376 g/mol. The van der Waals surface area contributed by atoms with Gasteiger partial charge in [-0.2, -0.15) is 5.10 Å². The molecule has 0 saturated carbocycles. The van der Waals surface area contributed by atoms with Gasteiger partial charge in [-0.25, -0.2) is 0 Å². The lowest BCUT2D eigenvalue weighted by Gasteiger charge is -2.26. The fraction of sp³-hybridized carbons (Fsp3) is 0.190. The molecule has 2 aromatic carbocycles. The summed E-state index contributed by atoms with van der Waals surface area (Å²) in [7, 11) is 0. The van der Waals surface area contributed by atoms with Gasteiger partial charge >= 0.3 is 0 Å². The number of amides is 2. The summed E-state index contributed by atoms with van der Waals surface area (Å²) < 4.78 is 1.76. The summed E-state index contributed by atoms with van der Waals surface area (Å²) in [6.07, 6.45) is 1.76. The molecule has 2 heterocycles. The van der Waals surface area contributed by atoms with Crippen molar-refractivity contribution in [2.24, 2.45) is 0 Å². The zero-order valence-corrected chi connectivity index (χ0v) is 15.9. The van der Waals surface area contributed by atoms with Crippen LogP contribution in [0.2, 0.25) is 5.02 Å². The summed E-state index contributed by atoms with van der Waals surface area (Å²) in [6.45, 7) is 1.55. The molecule has 142 valence electrons. The SMILES string of the molecule is O=C1CN(C(=O)c2cn(Cc3ccccc3)nc2-c2ccc(Cl)cc2)CCN1. The van der Waals surface area contributed by atoms with E-state index in [4.69, 9.17) is 11.6 Å². The molecule has 6 nitrogen and oxygen atoms in total. The molecule has 0 bridgehead atoms. The van der Waals surface area contributed by atoms with Crippen molar-refractivity contribution in [2.45, 2.75) is 6.54 Å². The van der Waals surface area contributed by atoms with Crippen LogP contribution in [0.1, 0.15) is 15.9 Å². The van der Waals surface area contributed by atoms with E-state index < -0.39 is 0 Å². The molecule has 4 rings (SSSR count). The molecular formula is C21H19ClN4O2. The third kappa shape index (κ3) is 3.92. The number of rotatable bonds is 4. The first-order valence-electron chi connectivity index (χ1n) is 9.03. The Morgan fingerprint density at radius 3 is 2.57 bits per heavy atom. The second-order valence-electron chi connectivity index (χ2n) is 6.66. The van der Waals surface area contributed by atoms with Gasteiger partial charge in [0.1, 0.15) is 5.69 Å². The van der Waals surface area contributed by atoms with Crippen LogP contribution >= 0.6 is 11.6 Å². The lowest BCUT2D eigenvalue weighted by molar-refractivity contribution is -0.123. The molecule has 0 spiro atoms. The van der Waals surface area contributed by atoms with Crippen LogP contribution in [0.25, 0.3) is 11.3 Å².